The molecular formula is C18H36N2. The van der Waals surface area contributed by atoms with Gasteiger partial charge in [-0.25, -0.2) is 0 Å². The van der Waals surface area contributed by atoms with Gasteiger partial charge in [0.25, 0.3) is 0 Å². The van der Waals surface area contributed by atoms with E-state index in [-0.39, 0.29) is 0 Å². The molecule has 3 atom stereocenters. The maximum Gasteiger partial charge on any atom is 0.0249 e. The second kappa shape index (κ2) is 7.26. The average Bonchev–Trinajstić information content (AvgIpc) is 2.77. The third-order valence-corrected chi connectivity index (χ3v) is 5.55. The van der Waals surface area contributed by atoms with Crippen LogP contribution in [0.1, 0.15) is 72.6 Å². The van der Waals surface area contributed by atoms with Gasteiger partial charge in [-0.3, -0.25) is 4.90 Å². The second-order valence-corrected chi connectivity index (χ2v) is 8.11. The summed E-state index contributed by atoms with van der Waals surface area (Å²) in [4.78, 5) is 2.83. The highest BCUT2D eigenvalue weighted by molar-refractivity contribution is 4.93. The summed E-state index contributed by atoms with van der Waals surface area (Å²) in [5, 5.41) is 3.85. The minimum Gasteiger partial charge on any atom is -0.312 e. The van der Waals surface area contributed by atoms with Crippen LogP contribution in [0.25, 0.3) is 0 Å². The zero-order valence-corrected chi connectivity index (χ0v) is 14.3. The largest absolute Gasteiger partial charge is 0.312 e. The quantitative estimate of drug-likeness (QED) is 0.781. The molecule has 20 heavy (non-hydrogen) atoms. The van der Waals surface area contributed by atoms with Crippen molar-refractivity contribution in [3.05, 3.63) is 0 Å². The Balaban J connectivity index is 1.96. The Labute approximate surface area is 126 Å². The summed E-state index contributed by atoms with van der Waals surface area (Å²) in [6, 6.07) is 1.55. The molecule has 0 bridgehead atoms. The van der Waals surface area contributed by atoms with Crippen molar-refractivity contribution in [1.82, 2.24) is 10.2 Å². The molecule has 2 nitrogen and oxygen atoms in total. The molecule has 1 saturated carbocycles. The van der Waals surface area contributed by atoms with Gasteiger partial charge in [0.1, 0.15) is 0 Å². The van der Waals surface area contributed by atoms with Gasteiger partial charge in [-0.1, -0.05) is 47.0 Å². The molecule has 2 heteroatoms. The van der Waals surface area contributed by atoms with E-state index in [4.69, 9.17) is 0 Å². The fourth-order valence-corrected chi connectivity index (χ4v) is 4.09. The molecule has 1 aliphatic carbocycles. The molecule has 1 N–H and O–H groups in total. The monoisotopic (exact) mass is 280 g/mol. The normalized spacial score (nSPS) is 33.3. The van der Waals surface area contributed by atoms with Crippen LogP contribution >= 0.6 is 0 Å². The first kappa shape index (κ1) is 16.3. The number of likely N-dealkylation sites (tertiary alicyclic amines) is 1. The van der Waals surface area contributed by atoms with E-state index in [1.807, 2.05) is 0 Å². The van der Waals surface area contributed by atoms with Crippen LogP contribution in [-0.4, -0.2) is 36.6 Å². The highest BCUT2D eigenvalue weighted by Crippen LogP contribution is 2.36. The molecule has 2 fully saturated rings. The Morgan fingerprint density at radius 1 is 1.05 bits per heavy atom. The third kappa shape index (κ3) is 4.21. The van der Waals surface area contributed by atoms with E-state index >= 15 is 0 Å². The van der Waals surface area contributed by atoms with Crippen LogP contribution in [0.2, 0.25) is 0 Å². The van der Waals surface area contributed by atoms with Crippen molar-refractivity contribution in [3.8, 4) is 0 Å². The number of nitrogens with zero attached hydrogens (tertiary/aromatic N) is 1. The van der Waals surface area contributed by atoms with Gasteiger partial charge in [0, 0.05) is 18.6 Å². The van der Waals surface area contributed by atoms with Crippen LogP contribution in [0.15, 0.2) is 0 Å². The minimum atomic E-state index is 0.478. The van der Waals surface area contributed by atoms with E-state index in [9.17, 15) is 0 Å². The molecule has 1 aliphatic heterocycles. The van der Waals surface area contributed by atoms with Crippen LogP contribution in [0.5, 0.6) is 0 Å². The summed E-state index contributed by atoms with van der Waals surface area (Å²) in [5.41, 5.74) is 0.478. The molecule has 2 rings (SSSR count). The Morgan fingerprint density at radius 3 is 2.45 bits per heavy atom. The molecule has 1 saturated heterocycles. The molecule has 0 amide bonds. The van der Waals surface area contributed by atoms with Crippen molar-refractivity contribution in [2.24, 2.45) is 11.3 Å². The Bertz CT molecular complexity index is 282. The lowest BCUT2D eigenvalue weighted by molar-refractivity contribution is 0.156. The molecule has 0 aromatic heterocycles. The van der Waals surface area contributed by atoms with Crippen LogP contribution < -0.4 is 5.32 Å². The zero-order valence-electron chi connectivity index (χ0n) is 14.3. The molecule has 2 aliphatic rings. The molecule has 0 aromatic carbocycles. The summed E-state index contributed by atoms with van der Waals surface area (Å²) >= 11 is 0. The first-order valence-corrected chi connectivity index (χ1v) is 8.99. The molecular weight excluding hydrogens is 244 g/mol. The van der Waals surface area contributed by atoms with Gasteiger partial charge in [0.15, 0.2) is 0 Å². The summed E-state index contributed by atoms with van der Waals surface area (Å²) in [6.45, 7) is 13.4. The van der Waals surface area contributed by atoms with Gasteiger partial charge in [-0.15, -0.1) is 0 Å². The lowest BCUT2D eigenvalue weighted by Crippen LogP contribution is -2.49. The molecule has 0 spiro atoms. The standard InChI is InChI=1S/C18H36N2/c1-5-12-19-16-9-7-6-8-10-17(16)20-13-11-15(14-20)18(2,3)4/h15-17,19H,5-14H2,1-4H3. The molecule has 3 unspecified atom stereocenters. The summed E-state index contributed by atoms with van der Waals surface area (Å²) in [7, 11) is 0. The topological polar surface area (TPSA) is 15.3 Å². The minimum absolute atomic E-state index is 0.478. The van der Waals surface area contributed by atoms with Crippen molar-refractivity contribution in [2.45, 2.75) is 84.7 Å². The fourth-order valence-electron chi connectivity index (χ4n) is 4.09. The lowest BCUT2D eigenvalue weighted by atomic mass is 9.80. The van der Waals surface area contributed by atoms with Crippen molar-refractivity contribution in [1.29, 1.82) is 0 Å². The first-order chi connectivity index (χ1) is 9.52. The molecule has 1 heterocycles. The molecule has 118 valence electrons. The number of hydrogen-bond acceptors (Lipinski definition) is 2. The number of rotatable bonds is 4. The van der Waals surface area contributed by atoms with E-state index < -0.39 is 0 Å². The smallest absolute Gasteiger partial charge is 0.0249 e. The Morgan fingerprint density at radius 2 is 1.80 bits per heavy atom. The second-order valence-electron chi connectivity index (χ2n) is 8.11. The van der Waals surface area contributed by atoms with Gasteiger partial charge in [0.2, 0.25) is 0 Å². The molecule has 0 radical (unpaired) electrons. The van der Waals surface area contributed by atoms with E-state index in [0.717, 1.165) is 18.0 Å². The van der Waals surface area contributed by atoms with Gasteiger partial charge >= 0.3 is 0 Å². The van der Waals surface area contributed by atoms with E-state index in [2.05, 4.69) is 37.9 Å². The summed E-state index contributed by atoms with van der Waals surface area (Å²) in [6.07, 6.45) is 9.77. The number of hydrogen-bond donors (Lipinski definition) is 1. The molecule has 0 aromatic rings. The van der Waals surface area contributed by atoms with E-state index in [1.165, 1.54) is 64.6 Å². The highest BCUT2D eigenvalue weighted by Gasteiger charge is 2.37. The van der Waals surface area contributed by atoms with Gasteiger partial charge in [-0.2, -0.15) is 0 Å². The van der Waals surface area contributed by atoms with E-state index in [1.54, 1.807) is 0 Å². The van der Waals surface area contributed by atoms with E-state index in [0.29, 0.717) is 5.41 Å². The lowest BCUT2D eigenvalue weighted by Gasteiger charge is -2.35. The summed E-state index contributed by atoms with van der Waals surface area (Å²) in [5.74, 6) is 0.887. The maximum absolute atomic E-state index is 3.85. The Kier molecular flexibility index (Phi) is 5.92. The van der Waals surface area contributed by atoms with Crippen molar-refractivity contribution in [3.63, 3.8) is 0 Å². The van der Waals surface area contributed by atoms with Gasteiger partial charge in [-0.05, 0) is 50.1 Å². The fraction of sp³-hybridized carbons (Fsp3) is 1.00. The summed E-state index contributed by atoms with van der Waals surface area (Å²) < 4.78 is 0. The van der Waals surface area contributed by atoms with Crippen LogP contribution in [-0.2, 0) is 0 Å². The zero-order chi connectivity index (χ0) is 14.6. The predicted molar refractivity (Wildman–Crippen MR) is 88.1 cm³/mol. The van der Waals surface area contributed by atoms with Crippen molar-refractivity contribution >= 4 is 0 Å². The highest BCUT2D eigenvalue weighted by atomic mass is 15.2. The van der Waals surface area contributed by atoms with Crippen molar-refractivity contribution < 1.29 is 0 Å². The predicted octanol–water partition coefficient (Wildman–Crippen LogP) is 4.06. The number of nitrogens with one attached hydrogen (secondary N) is 1. The third-order valence-electron chi connectivity index (χ3n) is 5.55. The van der Waals surface area contributed by atoms with Gasteiger partial charge < -0.3 is 5.32 Å². The maximum atomic E-state index is 3.85. The SMILES string of the molecule is CCCNC1CCCCCC1N1CCC(C(C)(C)C)C1. The average molecular weight is 280 g/mol. The van der Waals surface area contributed by atoms with Crippen LogP contribution in [0.3, 0.4) is 0 Å². The van der Waals surface area contributed by atoms with Crippen LogP contribution in [0.4, 0.5) is 0 Å². The van der Waals surface area contributed by atoms with Gasteiger partial charge in [0.05, 0.1) is 0 Å². The first-order valence-electron chi connectivity index (χ1n) is 8.99. The van der Waals surface area contributed by atoms with Crippen molar-refractivity contribution in [2.75, 3.05) is 19.6 Å². The Hall–Kier alpha value is -0.0800. The van der Waals surface area contributed by atoms with Crippen LogP contribution in [0, 0.1) is 11.3 Å².